The Morgan fingerprint density at radius 1 is 1.05 bits per heavy atom. The third kappa shape index (κ3) is 2.67. The molecular formula is C18H13NO2. The van der Waals surface area contributed by atoms with Gasteiger partial charge in [0.2, 0.25) is 0 Å². The number of aromatic hydroxyl groups is 1. The standard InChI is InChI=1S/C18H13NO2/c20-16(9-7-13-4-3-11-19-12-13)18-15-6-2-1-5-14(15)8-10-17(18)21/h1-12,21H/b9-7+. The topological polar surface area (TPSA) is 50.2 Å². The Kier molecular flexibility index (Phi) is 3.48. The van der Waals surface area contributed by atoms with Crippen molar-refractivity contribution in [3.05, 3.63) is 78.1 Å². The maximum atomic E-state index is 12.4. The number of carbonyl (C=O) groups is 1. The molecule has 0 saturated heterocycles. The van der Waals surface area contributed by atoms with Gasteiger partial charge in [-0.2, -0.15) is 0 Å². The second-order valence-corrected chi connectivity index (χ2v) is 4.66. The van der Waals surface area contributed by atoms with Gasteiger partial charge in [0.05, 0.1) is 5.56 Å². The Bertz CT molecular complexity index is 823. The predicted molar refractivity (Wildman–Crippen MR) is 83.2 cm³/mol. The summed E-state index contributed by atoms with van der Waals surface area (Å²) in [7, 11) is 0. The highest BCUT2D eigenvalue weighted by atomic mass is 16.3. The Labute approximate surface area is 122 Å². The Morgan fingerprint density at radius 3 is 2.71 bits per heavy atom. The number of hydrogen-bond acceptors (Lipinski definition) is 3. The summed E-state index contributed by atoms with van der Waals surface area (Å²) in [6.07, 6.45) is 6.50. The molecule has 1 heterocycles. The Hall–Kier alpha value is -2.94. The number of fused-ring (bicyclic) bond motifs is 1. The van der Waals surface area contributed by atoms with Gasteiger partial charge < -0.3 is 5.11 Å². The van der Waals surface area contributed by atoms with Crippen LogP contribution in [0.5, 0.6) is 5.75 Å². The molecule has 3 nitrogen and oxygen atoms in total. The van der Waals surface area contributed by atoms with Crippen LogP contribution in [0.4, 0.5) is 0 Å². The minimum absolute atomic E-state index is 0.00506. The Morgan fingerprint density at radius 2 is 1.90 bits per heavy atom. The molecule has 0 atom stereocenters. The molecule has 0 fully saturated rings. The molecule has 1 N–H and O–H groups in total. The van der Waals surface area contributed by atoms with E-state index in [1.165, 1.54) is 6.08 Å². The van der Waals surface area contributed by atoms with Crippen LogP contribution in [0.2, 0.25) is 0 Å². The van der Waals surface area contributed by atoms with Crippen LogP contribution in [0.25, 0.3) is 16.8 Å². The molecule has 3 heteroatoms. The average Bonchev–Trinajstić information content (AvgIpc) is 2.53. The van der Waals surface area contributed by atoms with Crippen molar-refractivity contribution >= 4 is 22.6 Å². The van der Waals surface area contributed by atoms with Crippen molar-refractivity contribution in [1.29, 1.82) is 0 Å². The Balaban J connectivity index is 2.02. The van der Waals surface area contributed by atoms with Crippen LogP contribution in [0.15, 0.2) is 67.0 Å². The zero-order valence-corrected chi connectivity index (χ0v) is 11.2. The number of allylic oxidation sites excluding steroid dienone is 1. The highest BCUT2D eigenvalue weighted by Crippen LogP contribution is 2.27. The van der Waals surface area contributed by atoms with Crippen LogP contribution in [0.3, 0.4) is 0 Å². The number of aromatic nitrogens is 1. The lowest BCUT2D eigenvalue weighted by Crippen LogP contribution is -1.96. The molecule has 0 aliphatic carbocycles. The van der Waals surface area contributed by atoms with Crippen LogP contribution in [0.1, 0.15) is 15.9 Å². The molecule has 2 aromatic carbocycles. The molecule has 3 aromatic rings. The minimum atomic E-state index is -0.229. The van der Waals surface area contributed by atoms with Crippen molar-refractivity contribution in [3.63, 3.8) is 0 Å². The van der Waals surface area contributed by atoms with Crippen molar-refractivity contribution in [2.45, 2.75) is 0 Å². The van der Waals surface area contributed by atoms with Crippen molar-refractivity contribution in [2.75, 3.05) is 0 Å². The zero-order chi connectivity index (χ0) is 14.7. The zero-order valence-electron chi connectivity index (χ0n) is 11.2. The highest BCUT2D eigenvalue weighted by molar-refractivity contribution is 6.16. The largest absolute Gasteiger partial charge is 0.507 e. The lowest BCUT2D eigenvalue weighted by Gasteiger charge is -2.06. The lowest BCUT2D eigenvalue weighted by molar-refractivity contribution is 0.104. The quantitative estimate of drug-likeness (QED) is 0.583. The number of nitrogens with zero attached hydrogens (tertiary/aromatic N) is 1. The van der Waals surface area contributed by atoms with E-state index in [-0.39, 0.29) is 11.5 Å². The number of ketones is 1. The molecular weight excluding hydrogens is 262 g/mol. The first kappa shape index (κ1) is 13.1. The first-order chi connectivity index (χ1) is 10.3. The van der Waals surface area contributed by atoms with Gasteiger partial charge in [0, 0.05) is 12.4 Å². The third-order valence-corrected chi connectivity index (χ3v) is 3.27. The summed E-state index contributed by atoms with van der Waals surface area (Å²) in [5.74, 6) is -0.234. The van der Waals surface area contributed by atoms with Gasteiger partial charge in [0.15, 0.2) is 5.78 Å². The molecule has 0 aliphatic heterocycles. The minimum Gasteiger partial charge on any atom is -0.507 e. The van der Waals surface area contributed by atoms with E-state index < -0.39 is 0 Å². The monoisotopic (exact) mass is 275 g/mol. The second-order valence-electron chi connectivity index (χ2n) is 4.66. The van der Waals surface area contributed by atoms with E-state index in [2.05, 4.69) is 4.98 Å². The van der Waals surface area contributed by atoms with Gasteiger partial charge in [0.25, 0.3) is 0 Å². The summed E-state index contributed by atoms with van der Waals surface area (Å²) in [6.45, 7) is 0. The van der Waals surface area contributed by atoms with Crippen LogP contribution < -0.4 is 0 Å². The van der Waals surface area contributed by atoms with Gasteiger partial charge in [-0.25, -0.2) is 0 Å². The molecule has 0 amide bonds. The summed E-state index contributed by atoms with van der Waals surface area (Å²) >= 11 is 0. The number of rotatable bonds is 3. The molecule has 0 bridgehead atoms. The van der Waals surface area contributed by atoms with E-state index in [1.807, 2.05) is 30.3 Å². The van der Waals surface area contributed by atoms with E-state index in [1.54, 1.807) is 36.7 Å². The van der Waals surface area contributed by atoms with E-state index in [0.29, 0.717) is 5.56 Å². The molecule has 102 valence electrons. The van der Waals surface area contributed by atoms with Crippen molar-refractivity contribution in [1.82, 2.24) is 4.98 Å². The van der Waals surface area contributed by atoms with E-state index in [0.717, 1.165) is 16.3 Å². The fraction of sp³-hybridized carbons (Fsp3) is 0. The van der Waals surface area contributed by atoms with Gasteiger partial charge in [0.1, 0.15) is 5.75 Å². The number of phenols is 1. The maximum absolute atomic E-state index is 12.4. The smallest absolute Gasteiger partial charge is 0.190 e. The number of benzene rings is 2. The maximum Gasteiger partial charge on any atom is 0.190 e. The van der Waals surface area contributed by atoms with E-state index in [9.17, 15) is 9.90 Å². The first-order valence-corrected chi connectivity index (χ1v) is 6.59. The van der Waals surface area contributed by atoms with Gasteiger partial charge in [-0.15, -0.1) is 0 Å². The van der Waals surface area contributed by atoms with Gasteiger partial charge in [-0.05, 0) is 40.6 Å². The van der Waals surface area contributed by atoms with Crippen LogP contribution in [0, 0.1) is 0 Å². The summed E-state index contributed by atoms with van der Waals surface area (Å²) in [4.78, 5) is 16.4. The first-order valence-electron chi connectivity index (χ1n) is 6.59. The molecule has 21 heavy (non-hydrogen) atoms. The fourth-order valence-electron chi connectivity index (χ4n) is 2.25. The SMILES string of the molecule is O=C(/C=C/c1cccnc1)c1c(O)ccc2ccccc12. The third-order valence-electron chi connectivity index (χ3n) is 3.27. The summed E-state index contributed by atoms with van der Waals surface area (Å²) in [6, 6.07) is 14.5. The molecule has 1 aromatic heterocycles. The molecule has 0 radical (unpaired) electrons. The number of hydrogen-bond donors (Lipinski definition) is 1. The molecule has 0 spiro atoms. The van der Waals surface area contributed by atoms with Crippen LogP contribution in [-0.2, 0) is 0 Å². The number of pyridine rings is 1. The van der Waals surface area contributed by atoms with Crippen molar-refractivity contribution in [3.8, 4) is 5.75 Å². The van der Waals surface area contributed by atoms with Crippen LogP contribution >= 0.6 is 0 Å². The van der Waals surface area contributed by atoms with Gasteiger partial charge >= 0.3 is 0 Å². The molecule has 0 saturated carbocycles. The van der Waals surface area contributed by atoms with Crippen molar-refractivity contribution < 1.29 is 9.90 Å². The number of phenolic OH excluding ortho intramolecular Hbond substituents is 1. The van der Waals surface area contributed by atoms with E-state index >= 15 is 0 Å². The normalized spacial score (nSPS) is 11.0. The lowest BCUT2D eigenvalue weighted by atomic mass is 10.00. The summed E-state index contributed by atoms with van der Waals surface area (Å²) in [5.41, 5.74) is 1.17. The predicted octanol–water partition coefficient (Wildman–Crippen LogP) is 3.84. The van der Waals surface area contributed by atoms with Gasteiger partial charge in [-0.1, -0.05) is 36.4 Å². The highest BCUT2D eigenvalue weighted by Gasteiger charge is 2.12. The molecule has 0 aliphatic rings. The van der Waals surface area contributed by atoms with Crippen molar-refractivity contribution in [2.24, 2.45) is 0 Å². The van der Waals surface area contributed by atoms with E-state index in [4.69, 9.17) is 0 Å². The van der Waals surface area contributed by atoms with Gasteiger partial charge in [-0.3, -0.25) is 9.78 Å². The van der Waals surface area contributed by atoms with Crippen LogP contribution in [-0.4, -0.2) is 15.9 Å². The second kappa shape index (κ2) is 5.59. The summed E-state index contributed by atoms with van der Waals surface area (Å²) < 4.78 is 0. The fourth-order valence-corrected chi connectivity index (χ4v) is 2.25. The molecule has 0 unspecified atom stereocenters. The number of carbonyl (C=O) groups excluding carboxylic acids is 1. The summed E-state index contributed by atoms with van der Waals surface area (Å²) in [5, 5.41) is 11.7. The molecule has 3 rings (SSSR count). The average molecular weight is 275 g/mol.